The second kappa shape index (κ2) is 5.38. The molecular formula is C4H8N2O. The van der Waals surface area contributed by atoms with Gasteiger partial charge in [0.05, 0.1) is 0 Å². The van der Waals surface area contributed by atoms with E-state index in [-0.39, 0.29) is 0 Å². The smallest absolute Gasteiger partial charge is 0.0466 e. The summed E-state index contributed by atoms with van der Waals surface area (Å²) in [6, 6.07) is 0. The topological polar surface area (TPSA) is 56.8 Å². The van der Waals surface area contributed by atoms with Gasteiger partial charge in [0, 0.05) is 24.0 Å². The zero-order chi connectivity index (χ0) is 5.54. The summed E-state index contributed by atoms with van der Waals surface area (Å²) in [6.07, 6.45) is 2.56. The third-order valence-corrected chi connectivity index (χ3v) is 0.827. The minimum absolute atomic E-state index is 1.00. The van der Waals surface area contributed by atoms with E-state index in [2.05, 4.69) is 0 Å². The van der Waals surface area contributed by atoms with Crippen LogP contribution in [-0.4, -0.2) is 13.2 Å². The molecule has 1 saturated heterocycles. The zero-order valence-corrected chi connectivity index (χ0v) is 4.13. The quantitative estimate of drug-likeness (QED) is 0.423. The minimum atomic E-state index is 1.00. The first-order valence-corrected chi connectivity index (χ1v) is 2.28. The van der Waals surface area contributed by atoms with Crippen molar-refractivity contribution in [1.29, 1.82) is 10.8 Å². The maximum absolute atomic E-state index is 6.00. The molecule has 3 heteroatoms. The van der Waals surface area contributed by atoms with E-state index in [9.17, 15) is 0 Å². The predicted octanol–water partition coefficient (Wildman–Crippen LogP) is 0.827. The van der Waals surface area contributed by atoms with Crippen molar-refractivity contribution in [3.8, 4) is 0 Å². The Morgan fingerprint density at radius 3 is 1.57 bits per heavy atom. The lowest BCUT2D eigenvalue weighted by molar-refractivity contribution is 0.198. The molecule has 1 heterocycles. The van der Waals surface area contributed by atoms with Gasteiger partial charge >= 0.3 is 0 Å². The summed E-state index contributed by atoms with van der Waals surface area (Å²) in [6.45, 7) is 2.00. The van der Waals surface area contributed by atoms with E-state index in [1.807, 2.05) is 0 Å². The Hall–Kier alpha value is -0.620. The molecule has 7 heavy (non-hydrogen) atoms. The highest BCUT2D eigenvalue weighted by molar-refractivity contribution is 4.43. The van der Waals surface area contributed by atoms with Gasteiger partial charge in [0.2, 0.25) is 0 Å². The van der Waals surface area contributed by atoms with Crippen LogP contribution in [0.1, 0.15) is 12.8 Å². The lowest BCUT2D eigenvalue weighted by Crippen LogP contribution is -1.74. The Bertz CT molecular complexity index is 41.3. The maximum atomic E-state index is 6.00. The highest BCUT2D eigenvalue weighted by atomic mass is 16.5. The van der Waals surface area contributed by atoms with Gasteiger partial charge in [-0.25, -0.2) is 0 Å². The highest BCUT2D eigenvalue weighted by Gasteiger charge is 1.94. The van der Waals surface area contributed by atoms with Crippen LogP contribution in [0, 0.1) is 10.8 Å². The van der Waals surface area contributed by atoms with Crippen LogP contribution in [-0.2, 0) is 4.74 Å². The Balaban J connectivity index is 0.000000162. The van der Waals surface area contributed by atoms with Gasteiger partial charge in [0.15, 0.2) is 0 Å². The average molecular weight is 100 g/mol. The molecule has 0 N–H and O–H groups in total. The molecule has 0 saturated carbocycles. The fourth-order valence-corrected chi connectivity index (χ4v) is 0.510. The first-order chi connectivity index (χ1) is 3.50. The Morgan fingerprint density at radius 1 is 1.00 bits per heavy atom. The third-order valence-electron chi connectivity index (χ3n) is 0.827. The van der Waals surface area contributed by atoms with Gasteiger partial charge in [-0.3, -0.25) is 0 Å². The van der Waals surface area contributed by atoms with Crippen molar-refractivity contribution in [3.05, 3.63) is 0 Å². The molecule has 0 radical (unpaired) electrons. The summed E-state index contributed by atoms with van der Waals surface area (Å²) in [5.74, 6) is 0. The van der Waals surface area contributed by atoms with Crippen molar-refractivity contribution in [1.82, 2.24) is 0 Å². The summed E-state index contributed by atoms with van der Waals surface area (Å²) in [5, 5.41) is 12.0. The predicted molar refractivity (Wildman–Crippen MR) is 23.5 cm³/mol. The lowest BCUT2D eigenvalue weighted by Gasteiger charge is -1.76. The molecule has 0 unspecified atom stereocenters. The molecule has 1 aliphatic rings. The SMILES string of the molecule is C1CCOC1.N#N. The fourth-order valence-electron chi connectivity index (χ4n) is 0.510. The number of rotatable bonds is 0. The molecule has 0 spiro atoms. The van der Waals surface area contributed by atoms with Crippen LogP contribution in [0.3, 0.4) is 0 Å². The summed E-state index contributed by atoms with van der Waals surface area (Å²) in [4.78, 5) is 0. The Labute approximate surface area is 42.7 Å². The van der Waals surface area contributed by atoms with Crippen LogP contribution in [0.15, 0.2) is 0 Å². The summed E-state index contributed by atoms with van der Waals surface area (Å²) < 4.78 is 4.94. The molecule has 0 aliphatic carbocycles. The minimum Gasteiger partial charge on any atom is -0.381 e. The van der Waals surface area contributed by atoms with Crippen LogP contribution >= 0.6 is 0 Å². The van der Waals surface area contributed by atoms with E-state index in [0.29, 0.717) is 0 Å². The van der Waals surface area contributed by atoms with Crippen LogP contribution in [0.5, 0.6) is 0 Å². The van der Waals surface area contributed by atoms with Gasteiger partial charge in [0.1, 0.15) is 0 Å². The summed E-state index contributed by atoms with van der Waals surface area (Å²) >= 11 is 0. The molecule has 1 aliphatic heterocycles. The Morgan fingerprint density at radius 2 is 1.43 bits per heavy atom. The molecule has 1 fully saturated rings. The van der Waals surface area contributed by atoms with E-state index < -0.39 is 0 Å². The molecule has 0 aromatic heterocycles. The first kappa shape index (κ1) is 6.38. The number of hydrogen-bond donors (Lipinski definition) is 0. The van der Waals surface area contributed by atoms with Crippen LogP contribution in [0.25, 0.3) is 0 Å². The van der Waals surface area contributed by atoms with E-state index in [0.717, 1.165) is 13.2 Å². The van der Waals surface area contributed by atoms with Crippen molar-refractivity contribution < 1.29 is 4.74 Å². The second-order valence-corrected chi connectivity index (χ2v) is 1.32. The van der Waals surface area contributed by atoms with Gasteiger partial charge in [-0.05, 0) is 12.8 Å². The van der Waals surface area contributed by atoms with Gasteiger partial charge in [-0.2, -0.15) is 0 Å². The van der Waals surface area contributed by atoms with E-state index >= 15 is 0 Å². The largest absolute Gasteiger partial charge is 0.381 e. The van der Waals surface area contributed by atoms with Gasteiger partial charge < -0.3 is 4.74 Å². The number of hydrogen-bond acceptors (Lipinski definition) is 3. The van der Waals surface area contributed by atoms with Crippen molar-refractivity contribution >= 4 is 0 Å². The van der Waals surface area contributed by atoms with Crippen molar-refractivity contribution in [2.75, 3.05) is 13.2 Å². The molecule has 0 aromatic carbocycles. The molecule has 0 atom stereocenters. The Kier molecular flexibility index (Phi) is 4.90. The molecule has 0 aromatic rings. The van der Waals surface area contributed by atoms with Crippen LogP contribution in [0.4, 0.5) is 0 Å². The second-order valence-electron chi connectivity index (χ2n) is 1.32. The van der Waals surface area contributed by atoms with Crippen molar-refractivity contribution in [3.63, 3.8) is 0 Å². The van der Waals surface area contributed by atoms with E-state index in [4.69, 9.17) is 15.5 Å². The van der Waals surface area contributed by atoms with Crippen LogP contribution in [0.2, 0.25) is 0 Å². The summed E-state index contributed by atoms with van der Waals surface area (Å²) in [5.41, 5.74) is 0. The molecule has 40 valence electrons. The third kappa shape index (κ3) is 3.20. The average Bonchev–Trinajstić information content (AvgIpc) is 2.23. The van der Waals surface area contributed by atoms with Crippen molar-refractivity contribution in [2.45, 2.75) is 12.8 Å². The number of nitrogens with zero attached hydrogens (tertiary/aromatic N) is 2. The molecule has 3 nitrogen and oxygen atoms in total. The molecular weight excluding hydrogens is 92.1 g/mol. The molecule has 0 amide bonds. The van der Waals surface area contributed by atoms with E-state index in [1.54, 1.807) is 0 Å². The van der Waals surface area contributed by atoms with Crippen LogP contribution < -0.4 is 0 Å². The lowest BCUT2D eigenvalue weighted by atomic mass is 10.4. The molecule has 1 rings (SSSR count). The standard InChI is InChI=1S/C4H8O.N2/c1-2-4-5-3-1;1-2/h1-4H2;. The summed E-state index contributed by atoms with van der Waals surface area (Å²) in [7, 11) is 0. The van der Waals surface area contributed by atoms with E-state index in [1.165, 1.54) is 12.8 Å². The van der Waals surface area contributed by atoms with Gasteiger partial charge in [-0.15, -0.1) is 0 Å². The highest BCUT2D eigenvalue weighted by Crippen LogP contribution is 1.98. The fraction of sp³-hybridized carbons (Fsp3) is 1.00. The normalized spacial score (nSPS) is 17.4. The zero-order valence-electron chi connectivity index (χ0n) is 4.13. The van der Waals surface area contributed by atoms with Gasteiger partial charge in [-0.1, -0.05) is 0 Å². The first-order valence-electron chi connectivity index (χ1n) is 2.28. The van der Waals surface area contributed by atoms with Gasteiger partial charge in [0.25, 0.3) is 0 Å². The molecule has 0 bridgehead atoms. The monoisotopic (exact) mass is 100 g/mol. The number of ether oxygens (including phenoxy) is 1. The maximum Gasteiger partial charge on any atom is 0.0466 e. The van der Waals surface area contributed by atoms with Crippen molar-refractivity contribution in [2.24, 2.45) is 0 Å².